The van der Waals surface area contributed by atoms with E-state index < -0.39 is 0 Å². The molecule has 2 aliphatic rings. The molecular weight excluding hydrogens is 232 g/mol. The van der Waals surface area contributed by atoms with Crippen LogP contribution in [0.3, 0.4) is 0 Å². The Morgan fingerprint density at radius 1 is 1.37 bits per heavy atom. The molecular formula is C17H32N2. The normalized spacial score (nSPS) is 29.6. The minimum absolute atomic E-state index is 0.701. The van der Waals surface area contributed by atoms with Crippen molar-refractivity contribution in [1.82, 2.24) is 10.2 Å². The van der Waals surface area contributed by atoms with Gasteiger partial charge in [-0.15, -0.1) is 0 Å². The summed E-state index contributed by atoms with van der Waals surface area (Å²) in [5.41, 5.74) is 1.72. The van der Waals surface area contributed by atoms with E-state index in [4.69, 9.17) is 0 Å². The van der Waals surface area contributed by atoms with Gasteiger partial charge in [-0.3, -0.25) is 4.90 Å². The summed E-state index contributed by atoms with van der Waals surface area (Å²) in [7, 11) is 0. The summed E-state index contributed by atoms with van der Waals surface area (Å²) in [6, 6.07) is 1.41. The van der Waals surface area contributed by atoms with Gasteiger partial charge in [0.25, 0.3) is 0 Å². The Labute approximate surface area is 119 Å². The van der Waals surface area contributed by atoms with Crippen molar-refractivity contribution in [2.75, 3.05) is 19.6 Å². The zero-order chi connectivity index (χ0) is 13.7. The third kappa shape index (κ3) is 4.92. The summed E-state index contributed by atoms with van der Waals surface area (Å²) in [5.74, 6) is 0.800. The lowest BCUT2D eigenvalue weighted by Gasteiger charge is -2.39. The molecule has 2 rings (SSSR count). The molecule has 0 saturated carbocycles. The molecule has 2 unspecified atom stereocenters. The highest BCUT2D eigenvalue weighted by molar-refractivity contribution is 5.05. The number of nitrogens with zero attached hydrogens (tertiary/aromatic N) is 1. The second-order valence-corrected chi connectivity index (χ2v) is 6.94. The lowest BCUT2D eigenvalue weighted by molar-refractivity contribution is 0.133. The average molecular weight is 264 g/mol. The molecule has 2 nitrogen and oxygen atoms in total. The topological polar surface area (TPSA) is 15.3 Å². The zero-order valence-corrected chi connectivity index (χ0v) is 13.1. The highest BCUT2D eigenvalue weighted by Gasteiger charge is 2.25. The highest BCUT2D eigenvalue weighted by Crippen LogP contribution is 2.21. The molecule has 2 heteroatoms. The first kappa shape index (κ1) is 15.1. The van der Waals surface area contributed by atoms with E-state index in [-0.39, 0.29) is 0 Å². The molecule has 1 aliphatic carbocycles. The van der Waals surface area contributed by atoms with Crippen molar-refractivity contribution in [2.45, 2.75) is 71.4 Å². The minimum Gasteiger partial charge on any atom is -0.311 e. The summed E-state index contributed by atoms with van der Waals surface area (Å²) in [6.45, 7) is 10.7. The molecule has 0 bridgehead atoms. The zero-order valence-electron chi connectivity index (χ0n) is 13.1. The number of hydrogen-bond donors (Lipinski definition) is 1. The third-order valence-corrected chi connectivity index (χ3v) is 4.64. The molecule has 1 heterocycles. The Morgan fingerprint density at radius 3 is 2.89 bits per heavy atom. The van der Waals surface area contributed by atoms with Crippen LogP contribution in [0.15, 0.2) is 11.6 Å². The molecule has 2 atom stereocenters. The van der Waals surface area contributed by atoms with Gasteiger partial charge in [0, 0.05) is 31.7 Å². The molecule has 0 aromatic heterocycles. The largest absolute Gasteiger partial charge is 0.311 e. The fourth-order valence-corrected chi connectivity index (χ4v) is 3.45. The number of allylic oxidation sites excluding steroid dienone is 1. The van der Waals surface area contributed by atoms with E-state index in [0.29, 0.717) is 12.1 Å². The van der Waals surface area contributed by atoms with Crippen molar-refractivity contribution in [3.63, 3.8) is 0 Å². The molecule has 1 fully saturated rings. The fraction of sp³-hybridized carbons (Fsp3) is 0.882. The lowest BCUT2D eigenvalue weighted by atomic mass is 9.96. The molecule has 0 aromatic rings. The molecule has 0 aromatic carbocycles. The summed E-state index contributed by atoms with van der Waals surface area (Å²) in [4.78, 5) is 2.71. The van der Waals surface area contributed by atoms with Crippen LogP contribution in [0.25, 0.3) is 0 Å². The Bertz CT molecular complexity index is 296. The van der Waals surface area contributed by atoms with E-state index in [1.807, 2.05) is 0 Å². The molecule has 0 amide bonds. The summed E-state index contributed by atoms with van der Waals surface area (Å²) in [6.07, 6.45) is 10.6. The minimum atomic E-state index is 0.701. The second-order valence-electron chi connectivity index (χ2n) is 6.94. The van der Waals surface area contributed by atoms with Crippen molar-refractivity contribution in [3.05, 3.63) is 11.6 Å². The Hall–Kier alpha value is -0.340. The quantitative estimate of drug-likeness (QED) is 0.764. The number of hydrogen-bond acceptors (Lipinski definition) is 2. The van der Waals surface area contributed by atoms with Gasteiger partial charge in [0.1, 0.15) is 0 Å². The maximum Gasteiger partial charge on any atom is 0.0198 e. The van der Waals surface area contributed by atoms with Crippen LogP contribution >= 0.6 is 0 Å². The van der Waals surface area contributed by atoms with E-state index >= 15 is 0 Å². The van der Waals surface area contributed by atoms with Gasteiger partial charge >= 0.3 is 0 Å². The maximum absolute atomic E-state index is 3.71. The number of piperazine rings is 1. The lowest BCUT2D eigenvalue weighted by Crippen LogP contribution is -2.55. The first-order chi connectivity index (χ1) is 9.15. The predicted molar refractivity (Wildman–Crippen MR) is 83.4 cm³/mol. The van der Waals surface area contributed by atoms with Gasteiger partial charge in [-0.1, -0.05) is 25.5 Å². The number of rotatable bonds is 5. The van der Waals surface area contributed by atoms with Crippen LogP contribution in [-0.4, -0.2) is 36.6 Å². The average Bonchev–Trinajstić information content (AvgIpc) is 2.40. The van der Waals surface area contributed by atoms with Gasteiger partial charge < -0.3 is 5.32 Å². The smallest absolute Gasteiger partial charge is 0.0198 e. The van der Waals surface area contributed by atoms with Crippen molar-refractivity contribution in [3.8, 4) is 0 Å². The fourth-order valence-electron chi connectivity index (χ4n) is 3.45. The summed E-state index contributed by atoms with van der Waals surface area (Å²) in [5, 5.41) is 3.71. The van der Waals surface area contributed by atoms with Crippen LogP contribution in [0.2, 0.25) is 0 Å². The van der Waals surface area contributed by atoms with Gasteiger partial charge in [-0.05, 0) is 51.4 Å². The standard InChI is InChI=1S/C17H32N2/c1-14(2)11-17-13-19(15(3)12-18-17)10-9-16-7-5-4-6-8-16/h7,14-15,17-18H,4-6,8-13H2,1-3H3. The summed E-state index contributed by atoms with van der Waals surface area (Å²) >= 11 is 0. The molecule has 0 spiro atoms. The molecule has 110 valence electrons. The van der Waals surface area contributed by atoms with Crippen molar-refractivity contribution >= 4 is 0 Å². The van der Waals surface area contributed by atoms with E-state index in [1.54, 1.807) is 5.57 Å². The monoisotopic (exact) mass is 264 g/mol. The second kappa shape index (κ2) is 7.44. The van der Waals surface area contributed by atoms with Crippen LogP contribution in [0.1, 0.15) is 59.3 Å². The Morgan fingerprint density at radius 2 is 2.21 bits per heavy atom. The van der Waals surface area contributed by atoms with Crippen molar-refractivity contribution in [1.29, 1.82) is 0 Å². The van der Waals surface area contributed by atoms with Crippen LogP contribution in [0.4, 0.5) is 0 Å². The maximum atomic E-state index is 3.71. The van der Waals surface area contributed by atoms with Gasteiger partial charge in [0.15, 0.2) is 0 Å². The summed E-state index contributed by atoms with van der Waals surface area (Å²) < 4.78 is 0. The third-order valence-electron chi connectivity index (χ3n) is 4.64. The van der Waals surface area contributed by atoms with E-state index in [9.17, 15) is 0 Å². The van der Waals surface area contributed by atoms with Crippen LogP contribution in [0.5, 0.6) is 0 Å². The van der Waals surface area contributed by atoms with E-state index in [2.05, 4.69) is 37.1 Å². The SMILES string of the molecule is CC(C)CC1CN(CCC2=CCCCC2)C(C)CN1. The van der Waals surface area contributed by atoms with Crippen LogP contribution < -0.4 is 5.32 Å². The highest BCUT2D eigenvalue weighted by atomic mass is 15.2. The molecule has 0 radical (unpaired) electrons. The number of nitrogens with one attached hydrogen (secondary N) is 1. The van der Waals surface area contributed by atoms with Crippen LogP contribution in [0, 0.1) is 5.92 Å². The van der Waals surface area contributed by atoms with Gasteiger partial charge in [0.05, 0.1) is 0 Å². The molecule has 19 heavy (non-hydrogen) atoms. The Balaban J connectivity index is 1.78. The van der Waals surface area contributed by atoms with E-state index in [0.717, 1.165) is 12.5 Å². The first-order valence-corrected chi connectivity index (χ1v) is 8.30. The molecule has 1 aliphatic heterocycles. The Kier molecular flexibility index (Phi) is 5.90. The predicted octanol–water partition coefficient (Wildman–Crippen LogP) is 3.59. The van der Waals surface area contributed by atoms with E-state index in [1.165, 1.54) is 51.6 Å². The first-order valence-electron chi connectivity index (χ1n) is 8.30. The van der Waals surface area contributed by atoms with Gasteiger partial charge in [0.2, 0.25) is 0 Å². The van der Waals surface area contributed by atoms with Gasteiger partial charge in [-0.2, -0.15) is 0 Å². The molecule has 1 N–H and O–H groups in total. The van der Waals surface area contributed by atoms with Crippen LogP contribution in [-0.2, 0) is 0 Å². The molecule has 1 saturated heterocycles. The van der Waals surface area contributed by atoms with Crippen molar-refractivity contribution < 1.29 is 0 Å². The van der Waals surface area contributed by atoms with Gasteiger partial charge in [-0.25, -0.2) is 0 Å². The van der Waals surface area contributed by atoms with Crippen molar-refractivity contribution in [2.24, 2.45) is 5.92 Å².